The van der Waals surface area contributed by atoms with E-state index in [1.807, 2.05) is 91.9 Å². The SMILES string of the molecule is COc1ccc(/C=C2\S/C(=N\c3ccc(C)cc3)N(c3ccccc3)C2=O)cc1. The second-order valence-electron chi connectivity index (χ2n) is 6.59. The van der Waals surface area contributed by atoms with Crippen LogP contribution in [0, 0.1) is 6.92 Å². The van der Waals surface area contributed by atoms with E-state index in [4.69, 9.17) is 9.73 Å². The Bertz CT molecular complexity index is 1070. The number of hydrogen-bond donors (Lipinski definition) is 0. The van der Waals surface area contributed by atoms with Crippen LogP contribution in [-0.4, -0.2) is 18.2 Å². The molecule has 0 unspecified atom stereocenters. The number of carbonyl (C=O) groups is 1. The van der Waals surface area contributed by atoms with Crippen LogP contribution in [0.25, 0.3) is 6.08 Å². The number of amides is 1. The van der Waals surface area contributed by atoms with Gasteiger partial charge in [0.05, 0.1) is 23.4 Å². The summed E-state index contributed by atoms with van der Waals surface area (Å²) in [5.41, 5.74) is 3.72. The molecule has 4 nitrogen and oxygen atoms in total. The molecule has 1 aliphatic rings. The van der Waals surface area contributed by atoms with E-state index in [9.17, 15) is 4.79 Å². The zero-order valence-electron chi connectivity index (χ0n) is 16.2. The lowest BCUT2D eigenvalue weighted by Gasteiger charge is -2.15. The topological polar surface area (TPSA) is 41.9 Å². The summed E-state index contributed by atoms with van der Waals surface area (Å²) in [6, 6.07) is 25.2. The fourth-order valence-corrected chi connectivity index (χ4v) is 3.94. The van der Waals surface area contributed by atoms with E-state index in [1.165, 1.54) is 17.3 Å². The number of thioether (sulfide) groups is 1. The van der Waals surface area contributed by atoms with Gasteiger partial charge in [-0.05, 0) is 66.7 Å². The van der Waals surface area contributed by atoms with Gasteiger partial charge in [0, 0.05) is 0 Å². The highest BCUT2D eigenvalue weighted by Crippen LogP contribution is 2.37. The summed E-state index contributed by atoms with van der Waals surface area (Å²) in [5.74, 6) is 0.702. The molecule has 0 radical (unpaired) electrons. The molecule has 0 spiro atoms. The number of carbonyl (C=O) groups excluding carboxylic acids is 1. The second-order valence-corrected chi connectivity index (χ2v) is 7.60. The molecule has 1 aliphatic heterocycles. The molecule has 144 valence electrons. The van der Waals surface area contributed by atoms with Crippen molar-refractivity contribution < 1.29 is 9.53 Å². The number of hydrogen-bond acceptors (Lipinski definition) is 4. The van der Waals surface area contributed by atoms with Gasteiger partial charge in [0.1, 0.15) is 5.75 Å². The molecule has 0 aromatic heterocycles. The van der Waals surface area contributed by atoms with Crippen molar-refractivity contribution in [2.75, 3.05) is 12.0 Å². The molecule has 0 bridgehead atoms. The summed E-state index contributed by atoms with van der Waals surface area (Å²) in [4.78, 5) is 20.3. The Kier molecular flexibility index (Phi) is 5.49. The zero-order valence-corrected chi connectivity index (χ0v) is 17.0. The number of anilines is 1. The molecular formula is C24H20N2O2S. The van der Waals surface area contributed by atoms with Crippen molar-refractivity contribution in [2.24, 2.45) is 4.99 Å². The third-order valence-electron chi connectivity index (χ3n) is 4.49. The molecule has 0 saturated carbocycles. The standard InChI is InChI=1S/C24H20N2O2S/c1-17-8-12-19(13-9-17)25-24-26(20-6-4-3-5-7-20)23(27)22(29-24)16-18-10-14-21(28-2)15-11-18/h3-16H,1-2H3/b22-16-,25-24-. The largest absolute Gasteiger partial charge is 0.497 e. The normalized spacial score (nSPS) is 16.6. The van der Waals surface area contributed by atoms with Crippen LogP contribution in [0.4, 0.5) is 11.4 Å². The molecule has 3 aromatic rings. The van der Waals surface area contributed by atoms with Gasteiger partial charge in [-0.2, -0.15) is 0 Å². The minimum Gasteiger partial charge on any atom is -0.497 e. The Hall–Kier alpha value is -3.31. The quantitative estimate of drug-likeness (QED) is 0.519. The smallest absolute Gasteiger partial charge is 0.271 e. The third kappa shape index (κ3) is 4.25. The molecule has 3 aromatic carbocycles. The van der Waals surface area contributed by atoms with E-state index in [1.54, 1.807) is 12.0 Å². The van der Waals surface area contributed by atoms with E-state index in [0.29, 0.717) is 10.1 Å². The Morgan fingerprint density at radius 3 is 2.28 bits per heavy atom. The number of methoxy groups -OCH3 is 1. The number of ether oxygens (including phenoxy) is 1. The maximum Gasteiger partial charge on any atom is 0.271 e. The van der Waals surface area contributed by atoms with E-state index in [2.05, 4.69) is 0 Å². The minimum atomic E-state index is -0.0807. The van der Waals surface area contributed by atoms with Gasteiger partial charge in [-0.1, -0.05) is 48.0 Å². The monoisotopic (exact) mass is 400 g/mol. The lowest BCUT2D eigenvalue weighted by atomic mass is 10.2. The molecule has 1 saturated heterocycles. The molecule has 0 atom stereocenters. The number of nitrogens with zero attached hydrogens (tertiary/aromatic N) is 2. The summed E-state index contributed by atoms with van der Waals surface area (Å²) in [6.07, 6.45) is 1.89. The highest BCUT2D eigenvalue weighted by atomic mass is 32.2. The first kappa shape index (κ1) is 19.0. The molecule has 1 fully saturated rings. The minimum absolute atomic E-state index is 0.0807. The first-order valence-corrected chi connectivity index (χ1v) is 10.0. The number of aryl methyl sites for hydroxylation is 1. The van der Waals surface area contributed by atoms with Crippen molar-refractivity contribution in [1.82, 2.24) is 0 Å². The summed E-state index contributed by atoms with van der Waals surface area (Å²) in [5, 5.41) is 0.643. The van der Waals surface area contributed by atoms with Gasteiger partial charge in [0.25, 0.3) is 5.91 Å². The van der Waals surface area contributed by atoms with E-state index >= 15 is 0 Å². The van der Waals surface area contributed by atoms with Crippen LogP contribution in [-0.2, 0) is 4.79 Å². The van der Waals surface area contributed by atoms with Gasteiger partial charge in [-0.25, -0.2) is 4.99 Å². The molecule has 1 heterocycles. The fraction of sp³-hybridized carbons (Fsp3) is 0.0833. The Balaban J connectivity index is 1.73. The maximum atomic E-state index is 13.2. The Labute approximate surface area is 174 Å². The number of aliphatic imine (C=N–C) groups is 1. The Morgan fingerprint density at radius 1 is 0.931 bits per heavy atom. The van der Waals surface area contributed by atoms with Gasteiger partial charge in [0.2, 0.25) is 0 Å². The molecular weight excluding hydrogens is 380 g/mol. The lowest BCUT2D eigenvalue weighted by molar-refractivity contribution is -0.113. The summed E-state index contributed by atoms with van der Waals surface area (Å²) in [7, 11) is 1.63. The number of amidine groups is 1. The Morgan fingerprint density at radius 2 is 1.62 bits per heavy atom. The number of rotatable bonds is 4. The predicted octanol–water partition coefficient (Wildman–Crippen LogP) is 5.81. The molecule has 0 N–H and O–H groups in total. The number of benzene rings is 3. The van der Waals surface area contributed by atoms with Gasteiger partial charge in [0.15, 0.2) is 5.17 Å². The van der Waals surface area contributed by atoms with E-state index in [0.717, 1.165) is 22.7 Å². The van der Waals surface area contributed by atoms with Crippen LogP contribution >= 0.6 is 11.8 Å². The molecule has 0 aliphatic carbocycles. The molecule has 4 rings (SSSR count). The third-order valence-corrected chi connectivity index (χ3v) is 5.46. The maximum absolute atomic E-state index is 13.2. The van der Waals surface area contributed by atoms with Gasteiger partial charge >= 0.3 is 0 Å². The van der Waals surface area contributed by atoms with Crippen LogP contribution in [0.3, 0.4) is 0 Å². The summed E-state index contributed by atoms with van der Waals surface area (Å²) >= 11 is 1.38. The molecule has 1 amide bonds. The van der Waals surface area contributed by atoms with E-state index in [-0.39, 0.29) is 5.91 Å². The summed E-state index contributed by atoms with van der Waals surface area (Å²) < 4.78 is 5.21. The van der Waals surface area contributed by atoms with Crippen molar-refractivity contribution in [1.29, 1.82) is 0 Å². The molecule has 29 heavy (non-hydrogen) atoms. The average molecular weight is 401 g/mol. The van der Waals surface area contributed by atoms with Crippen LogP contribution < -0.4 is 9.64 Å². The predicted molar refractivity (Wildman–Crippen MR) is 121 cm³/mol. The van der Waals surface area contributed by atoms with Crippen molar-refractivity contribution in [3.05, 3.63) is 94.9 Å². The fourth-order valence-electron chi connectivity index (χ4n) is 2.93. The summed E-state index contributed by atoms with van der Waals surface area (Å²) in [6.45, 7) is 2.04. The first-order valence-electron chi connectivity index (χ1n) is 9.22. The van der Waals surface area contributed by atoms with Crippen molar-refractivity contribution >= 4 is 40.3 Å². The molecule has 5 heteroatoms. The first-order chi connectivity index (χ1) is 14.1. The van der Waals surface area contributed by atoms with E-state index < -0.39 is 0 Å². The van der Waals surface area contributed by atoms with Crippen LogP contribution in [0.5, 0.6) is 5.75 Å². The van der Waals surface area contributed by atoms with Gasteiger partial charge in [-0.15, -0.1) is 0 Å². The zero-order chi connectivity index (χ0) is 20.2. The lowest BCUT2D eigenvalue weighted by Crippen LogP contribution is -2.28. The van der Waals surface area contributed by atoms with Crippen LogP contribution in [0.1, 0.15) is 11.1 Å². The highest BCUT2D eigenvalue weighted by molar-refractivity contribution is 8.19. The van der Waals surface area contributed by atoms with Crippen molar-refractivity contribution in [3.8, 4) is 5.75 Å². The van der Waals surface area contributed by atoms with Gasteiger partial charge in [-0.3, -0.25) is 9.69 Å². The van der Waals surface area contributed by atoms with Crippen LogP contribution in [0.15, 0.2) is 88.8 Å². The second kappa shape index (κ2) is 8.37. The van der Waals surface area contributed by atoms with Crippen molar-refractivity contribution in [3.63, 3.8) is 0 Å². The van der Waals surface area contributed by atoms with Crippen molar-refractivity contribution in [2.45, 2.75) is 6.92 Å². The highest BCUT2D eigenvalue weighted by Gasteiger charge is 2.34. The van der Waals surface area contributed by atoms with Gasteiger partial charge < -0.3 is 4.74 Å². The number of para-hydroxylation sites is 1. The average Bonchev–Trinajstić information content (AvgIpc) is 3.05. The van der Waals surface area contributed by atoms with Crippen LogP contribution in [0.2, 0.25) is 0 Å².